The number of carbonyl (C=O) groups excluding carboxylic acids is 2. The second-order valence-corrected chi connectivity index (χ2v) is 7.02. The molecular formula is C23H19F2NO3. The van der Waals surface area contributed by atoms with Crippen LogP contribution in [-0.2, 0) is 11.2 Å². The Morgan fingerprint density at radius 1 is 1.03 bits per heavy atom. The lowest BCUT2D eigenvalue weighted by Gasteiger charge is -2.24. The molecule has 0 bridgehead atoms. The van der Waals surface area contributed by atoms with Crippen molar-refractivity contribution in [2.24, 2.45) is 0 Å². The van der Waals surface area contributed by atoms with Crippen LogP contribution in [0.15, 0.2) is 66.9 Å². The van der Waals surface area contributed by atoms with Gasteiger partial charge in [-0.15, -0.1) is 0 Å². The van der Waals surface area contributed by atoms with Crippen molar-refractivity contribution in [1.29, 1.82) is 0 Å². The van der Waals surface area contributed by atoms with Crippen molar-refractivity contribution in [3.63, 3.8) is 0 Å². The molecule has 1 unspecified atom stereocenters. The Kier molecular flexibility index (Phi) is 5.25. The lowest BCUT2D eigenvalue weighted by Crippen LogP contribution is -2.28. The Morgan fingerprint density at radius 3 is 2.34 bits per heavy atom. The molecule has 1 aromatic heterocycles. The van der Waals surface area contributed by atoms with Gasteiger partial charge in [-0.1, -0.05) is 36.4 Å². The SMILES string of the molecule is O=C1CCC(C(=O)Cc2ccc(-c3ccc(OC(F)F)cc3)cc2)n2cccc21. The molecule has 6 heteroatoms. The fourth-order valence-corrected chi connectivity index (χ4v) is 3.72. The minimum absolute atomic E-state index is 0.0772. The maximum atomic E-state index is 12.8. The molecule has 2 heterocycles. The van der Waals surface area contributed by atoms with Gasteiger partial charge in [0, 0.05) is 19.0 Å². The van der Waals surface area contributed by atoms with Crippen molar-refractivity contribution in [2.45, 2.75) is 31.9 Å². The molecule has 4 rings (SSSR count). The number of ether oxygens (including phenoxy) is 1. The minimum atomic E-state index is -2.84. The highest BCUT2D eigenvalue weighted by molar-refractivity contribution is 5.97. The molecule has 0 radical (unpaired) electrons. The van der Waals surface area contributed by atoms with E-state index in [-0.39, 0.29) is 29.8 Å². The zero-order chi connectivity index (χ0) is 20.4. The average molecular weight is 395 g/mol. The van der Waals surface area contributed by atoms with Crippen molar-refractivity contribution >= 4 is 11.6 Å². The second kappa shape index (κ2) is 7.99. The molecule has 1 aliphatic heterocycles. The van der Waals surface area contributed by atoms with Gasteiger partial charge in [-0.2, -0.15) is 8.78 Å². The fourth-order valence-electron chi connectivity index (χ4n) is 3.72. The van der Waals surface area contributed by atoms with E-state index in [0.29, 0.717) is 18.5 Å². The molecule has 0 spiro atoms. The maximum Gasteiger partial charge on any atom is 0.387 e. The van der Waals surface area contributed by atoms with E-state index in [1.807, 2.05) is 24.3 Å². The van der Waals surface area contributed by atoms with Gasteiger partial charge in [-0.25, -0.2) is 0 Å². The van der Waals surface area contributed by atoms with Crippen molar-refractivity contribution in [3.05, 3.63) is 78.1 Å². The number of hydrogen-bond donors (Lipinski definition) is 0. The summed E-state index contributed by atoms with van der Waals surface area (Å²) < 4.78 is 30.6. The highest BCUT2D eigenvalue weighted by Crippen LogP contribution is 2.28. The highest BCUT2D eigenvalue weighted by atomic mass is 19.3. The van der Waals surface area contributed by atoms with E-state index >= 15 is 0 Å². The summed E-state index contributed by atoms with van der Waals surface area (Å²) in [6, 6.07) is 17.3. The summed E-state index contributed by atoms with van der Waals surface area (Å²) in [7, 11) is 0. The lowest BCUT2D eigenvalue weighted by atomic mass is 9.94. The molecule has 0 aliphatic carbocycles. The summed E-state index contributed by atoms with van der Waals surface area (Å²) >= 11 is 0. The molecule has 0 fully saturated rings. The molecule has 1 atom stereocenters. The fraction of sp³-hybridized carbons (Fsp3) is 0.217. The van der Waals surface area contributed by atoms with E-state index in [1.165, 1.54) is 12.1 Å². The van der Waals surface area contributed by atoms with Crippen molar-refractivity contribution in [1.82, 2.24) is 4.57 Å². The molecule has 4 nitrogen and oxygen atoms in total. The van der Waals surface area contributed by atoms with Gasteiger partial charge < -0.3 is 9.30 Å². The Morgan fingerprint density at radius 2 is 1.69 bits per heavy atom. The first-order valence-corrected chi connectivity index (χ1v) is 9.38. The largest absolute Gasteiger partial charge is 0.435 e. The van der Waals surface area contributed by atoms with Crippen molar-refractivity contribution in [3.8, 4) is 16.9 Å². The maximum absolute atomic E-state index is 12.8. The van der Waals surface area contributed by atoms with E-state index in [2.05, 4.69) is 4.74 Å². The van der Waals surface area contributed by atoms with Crippen molar-refractivity contribution < 1.29 is 23.1 Å². The van der Waals surface area contributed by atoms with Gasteiger partial charge in [0.15, 0.2) is 11.6 Å². The Hall–Kier alpha value is -3.28. The first-order chi connectivity index (χ1) is 14.0. The number of fused-ring (bicyclic) bond motifs is 1. The summed E-state index contributed by atoms with van der Waals surface area (Å²) in [6.07, 6.45) is 3.01. The molecule has 3 aromatic rings. The number of ketones is 2. The van der Waals surface area contributed by atoms with Crippen LogP contribution in [-0.4, -0.2) is 22.7 Å². The number of halogens is 2. The summed E-state index contributed by atoms with van der Waals surface area (Å²) in [4.78, 5) is 24.7. The third-order valence-electron chi connectivity index (χ3n) is 5.16. The minimum Gasteiger partial charge on any atom is -0.435 e. The van der Waals surface area contributed by atoms with E-state index < -0.39 is 6.61 Å². The third-order valence-corrected chi connectivity index (χ3v) is 5.16. The van der Waals surface area contributed by atoms with Crippen LogP contribution in [0.2, 0.25) is 0 Å². The van der Waals surface area contributed by atoms with Crippen LogP contribution in [0.4, 0.5) is 8.78 Å². The van der Waals surface area contributed by atoms with Crippen LogP contribution < -0.4 is 4.74 Å². The summed E-state index contributed by atoms with van der Waals surface area (Å²) in [5.74, 6) is 0.269. The van der Waals surface area contributed by atoms with Gasteiger partial charge in [-0.05, 0) is 47.4 Å². The number of carbonyl (C=O) groups is 2. The molecule has 0 saturated heterocycles. The van der Waals surface area contributed by atoms with E-state index in [4.69, 9.17) is 0 Å². The highest BCUT2D eigenvalue weighted by Gasteiger charge is 2.29. The molecule has 0 saturated carbocycles. The lowest BCUT2D eigenvalue weighted by molar-refractivity contribution is -0.121. The van der Waals surface area contributed by atoms with Crippen LogP contribution in [0.1, 0.15) is 34.9 Å². The van der Waals surface area contributed by atoms with Crippen molar-refractivity contribution in [2.75, 3.05) is 0 Å². The Balaban J connectivity index is 1.44. The third kappa shape index (κ3) is 4.11. The summed E-state index contributed by atoms with van der Waals surface area (Å²) in [6.45, 7) is -2.84. The van der Waals surface area contributed by atoms with Gasteiger partial charge in [0.25, 0.3) is 0 Å². The van der Waals surface area contributed by atoms with Gasteiger partial charge in [0.05, 0.1) is 11.7 Å². The molecular weight excluding hydrogens is 376 g/mol. The van der Waals surface area contributed by atoms with Gasteiger partial charge in [-0.3, -0.25) is 9.59 Å². The van der Waals surface area contributed by atoms with Crippen LogP contribution in [0.25, 0.3) is 11.1 Å². The topological polar surface area (TPSA) is 48.3 Å². The average Bonchev–Trinajstić information content (AvgIpc) is 3.20. The van der Waals surface area contributed by atoms with Gasteiger partial charge in [0.1, 0.15) is 5.75 Å². The molecule has 0 N–H and O–H groups in total. The molecule has 29 heavy (non-hydrogen) atoms. The van der Waals surface area contributed by atoms with Gasteiger partial charge >= 0.3 is 6.61 Å². The molecule has 2 aromatic carbocycles. The predicted molar refractivity (Wildman–Crippen MR) is 104 cm³/mol. The first-order valence-electron chi connectivity index (χ1n) is 9.38. The predicted octanol–water partition coefficient (Wildman–Crippen LogP) is 5.09. The summed E-state index contributed by atoms with van der Waals surface area (Å²) in [5.41, 5.74) is 3.28. The molecule has 0 amide bonds. The first kappa shape index (κ1) is 19.1. The standard InChI is InChI=1S/C23H19F2NO3/c24-23(25)29-18-9-7-17(8-10-18)16-5-3-15(4-6-16)14-22(28)20-11-12-21(27)19-2-1-13-26(19)20/h1-10,13,20,23H,11-12,14H2. The van der Waals surface area contributed by atoms with E-state index in [9.17, 15) is 18.4 Å². The van der Waals surface area contributed by atoms with Crippen LogP contribution in [0, 0.1) is 0 Å². The van der Waals surface area contributed by atoms with Crippen LogP contribution >= 0.6 is 0 Å². The number of Topliss-reactive ketones (excluding diaryl/α,β-unsaturated/α-hetero) is 2. The Bertz CT molecular complexity index is 1020. The normalized spacial score (nSPS) is 16.0. The number of aromatic nitrogens is 1. The van der Waals surface area contributed by atoms with E-state index in [1.54, 1.807) is 35.0 Å². The number of rotatable bonds is 6. The van der Waals surface area contributed by atoms with Crippen LogP contribution in [0.5, 0.6) is 5.75 Å². The van der Waals surface area contributed by atoms with Gasteiger partial charge in [0.2, 0.25) is 0 Å². The van der Waals surface area contributed by atoms with E-state index in [0.717, 1.165) is 16.7 Å². The summed E-state index contributed by atoms with van der Waals surface area (Å²) in [5, 5.41) is 0. The monoisotopic (exact) mass is 395 g/mol. The number of nitrogens with zero attached hydrogens (tertiary/aromatic N) is 1. The zero-order valence-corrected chi connectivity index (χ0v) is 15.6. The number of hydrogen-bond acceptors (Lipinski definition) is 3. The molecule has 1 aliphatic rings. The second-order valence-electron chi connectivity index (χ2n) is 7.02. The zero-order valence-electron chi connectivity index (χ0n) is 15.6. The number of benzene rings is 2. The molecule has 148 valence electrons. The smallest absolute Gasteiger partial charge is 0.387 e. The van der Waals surface area contributed by atoms with Crippen LogP contribution in [0.3, 0.4) is 0 Å². The Labute approximate surface area is 166 Å². The number of alkyl halides is 2. The quantitative estimate of drug-likeness (QED) is 0.584.